The third-order valence-electron chi connectivity index (χ3n) is 4.37. The Bertz CT molecular complexity index is 888. The molecule has 0 aliphatic carbocycles. The highest BCUT2D eigenvalue weighted by Gasteiger charge is 2.15. The molecule has 0 saturated heterocycles. The van der Waals surface area contributed by atoms with Crippen molar-refractivity contribution in [3.8, 4) is 17.1 Å². The molecule has 1 heterocycles. The number of amides is 1. The van der Waals surface area contributed by atoms with Crippen molar-refractivity contribution in [2.75, 3.05) is 0 Å². The van der Waals surface area contributed by atoms with Crippen LogP contribution >= 0.6 is 0 Å². The van der Waals surface area contributed by atoms with Crippen molar-refractivity contribution in [1.82, 2.24) is 15.3 Å². The third kappa shape index (κ3) is 4.97. The summed E-state index contributed by atoms with van der Waals surface area (Å²) in [5, 5.41) is 2.93. The molecular formula is C22H25N3O2. The van der Waals surface area contributed by atoms with Gasteiger partial charge < -0.3 is 15.0 Å². The van der Waals surface area contributed by atoms with Gasteiger partial charge in [0.25, 0.3) is 5.91 Å². The first kappa shape index (κ1) is 18.7. The van der Waals surface area contributed by atoms with Crippen molar-refractivity contribution in [2.24, 2.45) is 0 Å². The van der Waals surface area contributed by atoms with Gasteiger partial charge >= 0.3 is 0 Å². The quantitative estimate of drug-likeness (QED) is 0.658. The molecule has 0 unspecified atom stereocenters. The number of ether oxygens (including phenoxy) is 1. The fraction of sp³-hybridized carbons (Fsp3) is 0.273. The lowest BCUT2D eigenvalue weighted by Gasteiger charge is -2.16. The zero-order valence-corrected chi connectivity index (χ0v) is 15.9. The third-order valence-corrected chi connectivity index (χ3v) is 4.37. The number of nitrogens with zero attached hydrogens (tertiary/aromatic N) is 1. The highest BCUT2D eigenvalue weighted by molar-refractivity contribution is 5.80. The Morgan fingerprint density at radius 3 is 2.70 bits per heavy atom. The molecule has 2 aromatic carbocycles. The molecule has 0 bridgehead atoms. The van der Waals surface area contributed by atoms with E-state index in [-0.39, 0.29) is 5.91 Å². The van der Waals surface area contributed by atoms with E-state index in [0.29, 0.717) is 18.2 Å². The maximum atomic E-state index is 12.4. The summed E-state index contributed by atoms with van der Waals surface area (Å²) >= 11 is 0. The molecule has 3 aromatic rings. The van der Waals surface area contributed by atoms with Crippen LogP contribution in [0.25, 0.3) is 11.4 Å². The van der Waals surface area contributed by atoms with E-state index in [2.05, 4.69) is 35.2 Å². The molecular weight excluding hydrogens is 338 g/mol. The molecule has 27 heavy (non-hydrogen) atoms. The molecule has 2 N–H and O–H groups in total. The summed E-state index contributed by atoms with van der Waals surface area (Å²) < 4.78 is 5.81. The topological polar surface area (TPSA) is 67.0 Å². The lowest BCUT2D eigenvalue weighted by atomic mass is 10.0. The zero-order chi connectivity index (χ0) is 19.2. The van der Waals surface area contributed by atoms with Gasteiger partial charge in [-0.05, 0) is 42.2 Å². The van der Waals surface area contributed by atoms with Crippen molar-refractivity contribution >= 4 is 5.91 Å². The normalized spacial score (nSPS) is 12.0. The predicted octanol–water partition coefficient (Wildman–Crippen LogP) is 4.28. The summed E-state index contributed by atoms with van der Waals surface area (Å²) in [4.78, 5) is 19.7. The molecule has 0 saturated carbocycles. The minimum absolute atomic E-state index is 0.145. The van der Waals surface area contributed by atoms with E-state index >= 15 is 0 Å². The average Bonchev–Trinajstić information content (AvgIpc) is 3.21. The van der Waals surface area contributed by atoms with Crippen LogP contribution in [0.1, 0.15) is 37.8 Å². The van der Waals surface area contributed by atoms with Gasteiger partial charge in [-0.3, -0.25) is 4.79 Å². The molecule has 140 valence electrons. The van der Waals surface area contributed by atoms with Gasteiger partial charge in [-0.15, -0.1) is 0 Å². The van der Waals surface area contributed by atoms with Crippen molar-refractivity contribution in [3.05, 3.63) is 72.1 Å². The molecule has 0 fully saturated rings. The standard InChI is InChI=1S/C22H25N3O2/c1-15(2)18-7-5-9-20(13-18)27-16(3)22(26)25-14-17-6-4-8-19(12-17)21-23-10-11-24-21/h4-13,15-16H,14H2,1-3H3,(H,23,24)(H,25,26)/t16-/m0/s1. The fourth-order valence-corrected chi connectivity index (χ4v) is 2.79. The van der Waals surface area contributed by atoms with Crippen LogP contribution in [0, 0.1) is 0 Å². The van der Waals surface area contributed by atoms with E-state index in [1.807, 2.05) is 42.5 Å². The number of aromatic amines is 1. The summed E-state index contributed by atoms with van der Waals surface area (Å²) in [7, 11) is 0. The number of rotatable bonds is 7. The number of benzene rings is 2. The van der Waals surface area contributed by atoms with Gasteiger partial charge in [-0.1, -0.05) is 44.2 Å². The van der Waals surface area contributed by atoms with Crippen LogP contribution in [0.4, 0.5) is 0 Å². The summed E-state index contributed by atoms with van der Waals surface area (Å²) in [6.45, 7) is 6.46. The maximum absolute atomic E-state index is 12.4. The van der Waals surface area contributed by atoms with Crippen LogP contribution in [-0.2, 0) is 11.3 Å². The monoisotopic (exact) mass is 363 g/mol. The number of carbonyl (C=O) groups is 1. The second-order valence-electron chi connectivity index (χ2n) is 6.84. The van der Waals surface area contributed by atoms with Gasteiger partial charge in [0.15, 0.2) is 6.10 Å². The lowest BCUT2D eigenvalue weighted by Crippen LogP contribution is -2.35. The highest BCUT2D eigenvalue weighted by Crippen LogP contribution is 2.21. The van der Waals surface area contributed by atoms with Crippen LogP contribution in [0.15, 0.2) is 60.9 Å². The van der Waals surface area contributed by atoms with E-state index in [9.17, 15) is 4.79 Å². The Hall–Kier alpha value is -3.08. The van der Waals surface area contributed by atoms with E-state index in [1.165, 1.54) is 5.56 Å². The van der Waals surface area contributed by atoms with Crippen LogP contribution in [0.5, 0.6) is 5.75 Å². The number of nitrogens with one attached hydrogen (secondary N) is 2. The maximum Gasteiger partial charge on any atom is 0.261 e. The molecule has 0 spiro atoms. The second kappa shape index (κ2) is 8.54. The summed E-state index contributed by atoms with van der Waals surface area (Å²) in [5.41, 5.74) is 3.18. The van der Waals surface area contributed by atoms with Crippen molar-refractivity contribution < 1.29 is 9.53 Å². The number of hydrogen-bond donors (Lipinski definition) is 2. The highest BCUT2D eigenvalue weighted by atomic mass is 16.5. The number of H-pyrrole nitrogens is 1. The van der Waals surface area contributed by atoms with E-state index in [1.54, 1.807) is 19.3 Å². The molecule has 0 aliphatic heterocycles. The summed E-state index contributed by atoms with van der Waals surface area (Å²) in [6, 6.07) is 15.8. The van der Waals surface area contributed by atoms with Gasteiger partial charge in [0.1, 0.15) is 11.6 Å². The largest absolute Gasteiger partial charge is 0.481 e. The summed E-state index contributed by atoms with van der Waals surface area (Å²) in [5.74, 6) is 1.79. The van der Waals surface area contributed by atoms with Crippen LogP contribution in [0.2, 0.25) is 0 Å². The molecule has 5 nitrogen and oxygen atoms in total. The first-order chi connectivity index (χ1) is 13.0. The number of hydrogen-bond acceptors (Lipinski definition) is 3. The molecule has 1 atom stereocenters. The molecule has 5 heteroatoms. The van der Waals surface area contributed by atoms with Crippen LogP contribution in [-0.4, -0.2) is 22.0 Å². The molecule has 3 rings (SSSR count). The predicted molar refractivity (Wildman–Crippen MR) is 106 cm³/mol. The van der Waals surface area contributed by atoms with Crippen LogP contribution in [0.3, 0.4) is 0 Å². The number of carbonyl (C=O) groups excluding carboxylic acids is 1. The fourth-order valence-electron chi connectivity index (χ4n) is 2.79. The summed E-state index contributed by atoms with van der Waals surface area (Å²) in [6.07, 6.45) is 2.94. The first-order valence-electron chi connectivity index (χ1n) is 9.16. The SMILES string of the molecule is CC(C)c1cccc(O[C@@H](C)C(=O)NCc2cccc(-c3ncc[nH]3)c2)c1. The average molecular weight is 363 g/mol. The minimum atomic E-state index is -0.569. The second-order valence-corrected chi connectivity index (χ2v) is 6.84. The Morgan fingerprint density at radius 2 is 1.96 bits per heavy atom. The van der Waals surface area contributed by atoms with Gasteiger partial charge in [-0.25, -0.2) is 4.98 Å². The number of imidazole rings is 1. The van der Waals surface area contributed by atoms with Gasteiger partial charge in [-0.2, -0.15) is 0 Å². The van der Waals surface area contributed by atoms with Crippen molar-refractivity contribution in [1.29, 1.82) is 0 Å². The Kier molecular flexibility index (Phi) is 5.91. The van der Waals surface area contributed by atoms with Crippen LogP contribution < -0.4 is 10.1 Å². The zero-order valence-electron chi connectivity index (χ0n) is 15.9. The van der Waals surface area contributed by atoms with Gasteiger partial charge in [0.2, 0.25) is 0 Å². The first-order valence-corrected chi connectivity index (χ1v) is 9.16. The van der Waals surface area contributed by atoms with Crippen molar-refractivity contribution in [2.45, 2.75) is 39.3 Å². The minimum Gasteiger partial charge on any atom is -0.481 e. The number of aromatic nitrogens is 2. The van der Waals surface area contributed by atoms with Gasteiger partial charge in [0.05, 0.1) is 0 Å². The van der Waals surface area contributed by atoms with Crippen molar-refractivity contribution in [3.63, 3.8) is 0 Å². The Balaban J connectivity index is 1.57. The smallest absolute Gasteiger partial charge is 0.261 e. The van der Waals surface area contributed by atoms with E-state index in [0.717, 1.165) is 17.0 Å². The Labute approximate surface area is 159 Å². The Morgan fingerprint density at radius 1 is 1.15 bits per heavy atom. The lowest BCUT2D eigenvalue weighted by molar-refractivity contribution is -0.127. The van der Waals surface area contributed by atoms with Gasteiger partial charge in [0, 0.05) is 24.5 Å². The molecule has 1 amide bonds. The van der Waals surface area contributed by atoms with E-state index in [4.69, 9.17) is 4.74 Å². The molecule has 0 aliphatic rings. The molecule has 1 aromatic heterocycles. The molecule has 0 radical (unpaired) electrons. The van der Waals surface area contributed by atoms with E-state index < -0.39 is 6.10 Å².